The number of rotatable bonds is 7. The first-order valence-corrected chi connectivity index (χ1v) is 11.8. The largest absolute Gasteiger partial charge is 0.497 e. The highest BCUT2D eigenvalue weighted by Crippen LogP contribution is 2.29. The van der Waals surface area contributed by atoms with Crippen molar-refractivity contribution in [3.8, 4) is 11.4 Å². The summed E-state index contributed by atoms with van der Waals surface area (Å²) >= 11 is 12.3. The fourth-order valence-electron chi connectivity index (χ4n) is 3.24. The third-order valence-corrected chi connectivity index (χ3v) is 5.96. The lowest BCUT2D eigenvalue weighted by molar-refractivity contribution is -0.116. The van der Waals surface area contributed by atoms with E-state index in [2.05, 4.69) is 15.7 Å². The number of anilines is 2. The van der Waals surface area contributed by atoms with Gasteiger partial charge < -0.3 is 20.3 Å². The van der Waals surface area contributed by atoms with Crippen molar-refractivity contribution in [3.63, 3.8) is 0 Å². The highest BCUT2D eigenvalue weighted by molar-refractivity contribution is 6.42. The lowest BCUT2D eigenvalue weighted by Crippen LogP contribution is -2.40. The molecule has 0 aliphatic rings. The molecule has 0 radical (unpaired) electrons. The van der Waals surface area contributed by atoms with E-state index in [1.54, 1.807) is 61.2 Å². The number of likely N-dealkylation sites (N-methyl/N-ethyl adjacent to an activating group) is 1. The number of halogens is 2. The Morgan fingerprint density at radius 2 is 1.80 bits per heavy atom. The Hall–Kier alpha value is -3.23. The highest BCUT2D eigenvalue weighted by Gasteiger charge is 2.23. The van der Waals surface area contributed by atoms with Crippen molar-refractivity contribution in [1.29, 1.82) is 0 Å². The van der Waals surface area contributed by atoms with Crippen LogP contribution in [0.4, 0.5) is 16.3 Å². The van der Waals surface area contributed by atoms with E-state index in [9.17, 15) is 9.59 Å². The van der Waals surface area contributed by atoms with Crippen LogP contribution >= 0.6 is 23.2 Å². The lowest BCUT2D eigenvalue weighted by atomic mass is 9.92. The molecule has 0 atom stereocenters. The number of urea groups is 1. The number of aromatic nitrogens is 2. The smallest absolute Gasteiger partial charge is 0.322 e. The SMILES string of the molecule is CCN(CC(=O)Nc1cc(C(C)(C)C)nn1-c1ccc(Cl)c(Cl)c1)C(=O)Nc1cccc(OC)c1. The third-order valence-electron chi connectivity index (χ3n) is 5.22. The van der Waals surface area contributed by atoms with E-state index in [1.807, 2.05) is 26.8 Å². The molecule has 0 unspecified atom stereocenters. The number of benzene rings is 2. The van der Waals surface area contributed by atoms with Crippen molar-refractivity contribution >= 4 is 46.6 Å². The second-order valence-electron chi connectivity index (χ2n) is 8.90. The molecule has 3 amide bonds. The van der Waals surface area contributed by atoms with Crippen molar-refractivity contribution in [2.24, 2.45) is 0 Å². The van der Waals surface area contributed by atoms with Crippen molar-refractivity contribution in [1.82, 2.24) is 14.7 Å². The number of hydrogen-bond donors (Lipinski definition) is 2. The predicted octanol–water partition coefficient (Wildman–Crippen LogP) is 5.98. The molecule has 0 aliphatic heterocycles. The standard InChI is InChI=1S/C25H29Cl2N5O3/c1-6-31(24(34)28-16-8-7-9-18(12-16)35-5)15-23(33)29-22-14-21(25(2,3)4)30-32(22)17-10-11-19(26)20(27)13-17/h7-14H,6,15H2,1-5H3,(H,28,34)(H,29,33). The maximum atomic E-state index is 13.0. The molecule has 2 N–H and O–H groups in total. The minimum atomic E-state index is -0.399. The Bertz CT molecular complexity index is 1220. The molecule has 0 bridgehead atoms. The van der Waals surface area contributed by atoms with E-state index >= 15 is 0 Å². The normalized spacial score (nSPS) is 11.2. The molecule has 186 valence electrons. The fourth-order valence-corrected chi connectivity index (χ4v) is 3.53. The zero-order chi connectivity index (χ0) is 25.8. The van der Waals surface area contributed by atoms with Crippen molar-refractivity contribution in [3.05, 3.63) is 64.3 Å². The first kappa shape index (κ1) is 26.4. The fraction of sp³-hybridized carbons (Fsp3) is 0.320. The van der Waals surface area contributed by atoms with Crippen LogP contribution in [0.25, 0.3) is 5.69 Å². The summed E-state index contributed by atoms with van der Waals surface area (Å²) in [5.74, 6) is 0.714. The molecule has 0 aliphatic carbocycles. The van der Waals surface area contributed by atoms with Crippen molar-refractivity contribution in [2.45, 2.75) is 33.1 Å². The molecule has 3 rings (SSSR count). The van der Waals surface area contributed by atoms with Gasteiger partial charge in [0.2, 0.25) is 5.91 Å². The molecule has 0 saturated carbocycles. The molecule has 2 aromatic carbocycles. The van der Waals surface area contributed by atoms with Gasteiger partial charge >= 0.3 is 6.03 Å². The second kappa shape index (κ2) is 11.0. The Labute approximate surface area is 215 Å². The van der Waals surface area contributed by atoms with Crippen LogP contribution in [0, 0.1) is 0 Å². The summed E-state index contributed by atoms with van der Waals surface area (Å²) in [6, 6.07) is 13.5. The highest BCUT2D eigenvalue weighted by atomic mass is 35.5. The zero-order valence-corrected chi connectivity index (χ0v) is 21.9. The van der Waals surface area contributed by atoms with Crippen LogP contribution in [-0.2, 0) is 10.2 Å². The van der Waals surface area contributed by atoms with E-state index in [-0.39, 0.29) is 17.9 Å². The van der Waals surface area contributed by atoms with Crippen LogP contribution < -0.4 is 15.4 Å². The lowest BCUT2D eigenvalue weighted by Gasteiger charge is -2.21. The van der Waals surface area contributed by atoms with Crippen LogP contribution in [0.15, 0.2) is 48.5 Å². The maximum Gasteiger partial charge on any atom is 0.322 e. The van der Waals surface area contributed by atoms with Gasteiger partial charge in [-0.25, -0.2) is 9.48 Å². The van der Waals surface area contributed by atoms with Gasteiger partial charge in [-0.05, 0) is 37.3 Å². The van der Waals surface area contributed by atoms with Gasteiger partial charge in [0.1, 0.15) is 18.1 Å². The van der Waals surface area contributed by atoms with E-state index in [4.69, 9.17) is 27.9 Å². The van der Waals surface area contributed by atoms with Gasteiger partial charge in [0.25, 0.3) is 0 Å². The van der Waals surface area contributed by atoms with Gasteiger partial charge in [-0.1, -0.05) is 50.0 Å². The molecule has 3 aromatic rings. The van der Waals surface area contributed by atoms with E-state index in [0.29, 0.717) is 39.5 Å². The quantitative estimate of drug-likeness (QED) is 0.403. The van der Waals surface area contributed by atoms with Crippen LogP contribution in [0.3, 0.4) is 0 Å². The first-order chi connectivity index (χ1) is 16.5. The molecule has 1 aromatic heterocycles. The Kier molecular flexibility index (Phi) is 8.30. The van der Waals surface area contributed by atoms with Gasteiger partial charge in [0.05, 0.1) is 28.5 Å². The number of carbonyl (C=O) groups excluding carboxylic acids is 2. The summed E-state index contributed by atoms with van der Waals surface area (Å²) < 4.78 is 6.79. The number of nitrogens with zero attached hydrogens (tertiary/aromatic N) is 3. The van der Waals surface area contributed by atoms with Crippen molar-refractivity contribution < 1.29 is 14.3 Å². The molecule has 10 heteroatoms. The molecular formula is C25H29Cl2N5O3. The molecule has 1 heterocycles. The van der Waals surface area contributed by atoms with Gasteiger partial charge in [0.15, 0.2) is 0 Å². The second-order valence-corrected chi connectivity index (χ2v) is 9.71. The molecule has 0 spiro atoms. The summed E-state index contributed by atoms with van der Waals surface area (Å²) in [5.41, 5.74) is 1.74. The molecule has 0 fully saturated rings. The number of nitrogens with one attached hydrogen (secondary N) is 2. The Balaban J connectivity index is 1.79. The van der Waals surface area contributed by atoms with Gasteiger partial charge in [0, 0.05) is 29.8 Å². The number of carbonyl (C=O) groups is 2. The zero-order valence-electron chi connectivity index (χ0n) is 20.4. The monoisotopic (exact) mass is 517 g/mol. The Morgan fingerprint density at radius 1 is 1.06 bits per heavy atom. The minimum Gasteiger partial charge on any atom is -0.497 e. The summed E-state index contributed by atoms with van der Waals surface area (Å²) in [4.78, 5) is 27.1. The number of hydrogen-bond acceptors (Lipinski definition) is 4. The summed E-state index contributed by atoms with van der Waals surface area (Å²) in [5, 5.41) is 11.1. The average molecular weight is 518 g/mol. The van der Waals surface area contributed by atoms with Gasteiger partial charge in [-0.2, -0.15) is 5.10 Å². The number of ether oxygens (including phenoxy) is 1. The topological polar surface area (TPSA) is 88.5 Å². The van der Waals surface area contributed by atoms with Crippen molar-refractivity contribution in [2.75, 3.05) is 30.8 Å². The molecule has 35 heavy (non-hydrogen) atoms. The van der Waals surface area contributed by atoms with Gasteiger partial charge in [-0.3, -0.25) is 4.79 Å². The maximum absolute atomic E-state index is 13.0. The molecule has 0 saturated heterocycles. The third kappa shape index (κ3) is 6.68. The van der Waals surface area contributed by atoms with E-state index in [1.165, 1.54) is 4.90 Å². The Morgan fingerprint density at radius 3 is 2.43 bits per heavy atom. The van der Waals surface area contributed by atoms with Crippen LogP contribution in [-0.4, -0.2) is 46.8 Å². The number of methoxy groups -OCH3 is 1. The van der Waals surface area contributed by atoms with Crippen LogP contribution in [0.5, 0.6) is 5.75 Å². The number of amides is 3. The molecular weight excluding hydrogens is 489 g/mol. The van der Waals surface area contributed by atoms with E-state index < -0.39 is 6.03 Å². The summed E-state index contributed by atoms with van der Waals surface area (Å²) in [6.07, 6.45) is 0. The molecule has 8 nitrogen and oxygen atoms in total. The van der Waals surface area contributed by atoms with Crippen LogP contribution in [0.2, 0.25) is 10.0 Å². The average Bonchev–Trinajstić information content (AvgIpc) is 3.23. The first-order valence-electron chi connectivity index (χ1n) is 11.1. The van der Waals surface area contributed by atoms with Gasteiger partial charge in [-0.15, -0.1) is 0 Å². The summed E-state index contributed by atoms with van der Waals surface area (Å²) in [6.45, 7) is 8.08. The van der Waals surface area contributed by atoms with Crippen LogP contribution in [0.1, 0.15) is 33.4 Å². The van der Waals surface area contributed by atoms with E-state index in [0.717, 1.165) is 5.69 Å². The predicted molar refractivity (Wildman–Crippen MR) is 140 cm³/mol. The minimum absolute atomic E-state index is 0.149. The summed E-state index contributed by atoms with van der Waals surface area (Å²) in [7, 11) is 1.55.